The van der Waals surface area contributed by atoms with Crippen LogP contribution in [-0.4, -0.2) is 22.3 Å². The lowest BCUT2D eigenvalue weighted by molar-refractivity contribution is -0.137. The van der Waals surface area contributed by atoms with Gasteiger partial charge in [0.05, 0.1) is 5.56 Å². The van der Waals surface area contributed by atoms with Crippen LogP contribution in [0.2, 0.25) is 0 Å². The third-order valence-corrected chi connectivity index (χ3v) is 4.87. The van der Waals surface area contributed by atoms with Crippen LogP contribution >= 0.6 is 15.9 Å². The lowest BCUT2D eigenvalue weighted by atomic mass is 9.89. The number of rotatable bonds is 3. The molecular weight excluding hydrogens is 349 g/mol. The van der Waals surface area contributed by atoms with Gasteiger partial charge in [-0.05, 0) is 30.9 Å². The molecule has 0 radical (unpaired) electrons. The van der Waals surface area contributed by atoms with Crippen LogP contribution in [0, 0.1) is 5.92 Å². The summed E-state index contributed by atoms with van der Waals surface area (Å²) in [7, 11) is 0. The molecule has 0 aliphatic heterocycles. The van der Waals surface area contributed by atoms with E-state index >= 15 is 0 Å². The number of carbonyl (C=O) groups is 1. The van der Waals surface area contributed by atoms with E-state index in [1.54, 1.807) is 0 Å². The fourth-order valence-corrected chi connectivity index (χ4v) is 3.18. The van der Waals surface area contributed by atoms with Gasteiger partial charge in [0.15, 0.2) is 0 Å². The molecule has 116 valence electrons. The molecule has 1 aliphatic carbocycles. The number of pyridine rings is 1. The van der Waals surface area contributed by atoms with Gasteiger partial charge in [0, 0.05) is 17.6 Å². The van der Waals surface area contributed by atoms with E-state index in [0.29, 0.717) is 23.5 Å². The molecule has 0 saturated heterocycles. The summed E-state index contributed by atoms with van der Waals surface area (Å²) in [6, 6.07) is 1.97. The van der Waals surface area contributed by atoms with Crippen molar-refractivity contribution in [2.24, 2.45) is 5.92 Å². The Bertz CT molecular complexity index is 490. The maximum atomic E-state index is 12.4. The predicted octanol–water partition coefficient (Wildman–Crippen LogP) is 3.78. The van der Waals surface area contributed by atoms with Crippen LogP contribution in [0.4, 0.5) is 13.2 Å². The van der Waals surface area contributed by atoms with Gasteiger partial charge in [0.2, 0.25) is 0 Å². The van der Waals surface area contributed by atoms with Gasteiger partial charge in [-0.25, -0.2) is 0 Å². The Kier molecular flexibility index (Phi) is 5.24. The molecule has 2 atom stereocenters. The number of amides is 1. The van der Waals surface area contributed by atoms with E-state index in [-0.39, 0.29) is 5.69 Å². The zero-order chi connectivity index (χ0) is 15.5. The lowest BCUT2D eigenvalue weighted by Crippen LogP contribution is -2.34. The number of hydrogen-bond donors (Lipinski definition) is 1. The van der Waals surface area contributed by atoms with Gasteiger partial charge < -0.3 is 5.32 Å². The minimum Gasteiger partial charge on any atom is -0.350 e. The van der Waals surface area contributed by atoms with Gasteiger partial charge >= 0.3 is 6.18 Å². The quantitative estimate of drug-likeness (QED) is 0.829. The molecule has 1 N–H and O–H groups in total. The second kappa shape index (κ2) is 6.77. The van der Waals surface area contributed by atoms with E-state index < -0.39 is 17.6 Å². The average molecular weight is 365 g/mol. The molecule has 1 aliphatic rings. The Morgan fingerprint density at radius 2 is 2.05 bits per heavy atom. The van der Waals surface area contributed by atoms with Crippen molar-refractivity contribution in [1.29, 1.82) is 0 Å². The molecule has 2 unspecified atom stereocenters. The van der Waals surface area contributed by atoms with Gasteiger partial charge in [-0.3, -0.25) is 9.78 Å². The Morgan fingerprint density at radius 1 is 1.33 bits per heavy atom. The summed E-state index contributed by atoms with van der Waals surface area (Å²) in [6.07, 6.45) is 0.688. The summed E-state index contributed by atoms with van der Waals surface area (Å²) in [5, 5.41) is 2.74. The normalized spacial score (nSPS) is 22.9. The molecule has 1 saturated carbocycles. The first-order chi connectivity index (χ1) is 9.88. The van der Waals surface area contributed by atoms with Crippen molar-refractivity contribution >= 4 is 21.8 Å². The van der Waals surface area contributed by atoms with Crippen molar-refractivity contribution in [3.8, 4) is 0 Å². The molecule has 1 heterocycles. The second-order valence-corrected chi connectivity index (χ2v) is 6.38. The molecule has 0 bridgehead atoms. The Labute approximate surface area is 129 Å². The number of carbonyl (C=O) groups excluding carboxylic acids is 1. The third-order valence-electron chi connectivity index (χ3n) is 3.66. The summed E-state index contributed by atoms with van der Waals surface area (Å²) in [4.78, 5) is 15.9. The third kappa shape index (κ3) is 4.43. The molecule has 1 aromatic heterocycles. The van der Waals surface area contributed by atoms with Crippen molar-refractivity contribution in [1.82, 2.24) is 10.3 Å². The summed E-state index contributed by atoms with van der Waals surface area (Å²) in [6.45, 7) is 0.511. The molecule has 7 heteroatoms. The van der Waals surface area contributed by atoms with Crippen LogP contribution in [0.5, 0.6) is 0 Å². The van der Waals surface area contributed by atoms with Gasteiger partial charge in [-0.2, -0.15) is 13.2 Å². The van der Waals surface area contributed by atoms with E-state index in [1.165, 1.54) is 6.42 Å². The number of alkyl halides is 4. The second-order valence-electron chi connectivity index (χ2n) is 5.20. The van der Waals surface area contributed by atoms with Crippen molar-refractivity contribution in [2.45, 2.75) is 36.7 Å². The summed E-state index contributed by atoms with van der Waals surface area (Å²) in [5.41, 5.74) is -0.850. The molecule has 1 aromatic rings. The highest BCUT2D eigenvalue weighted by Crippen LogP contribution is 2.30. The maximum absolute atomic E-state index is 12.4. The van der Waals surface area contributed by atoms with Crippen molar-refractivity contribution in [2.75, 3.05) is 6.54 Å². The minimum atomic E-state index is -4.44. The highest BCUT2D eigenvalue weighted by Gasteiger charge is 2.31. The molecule has 21 heavy (non-hydrogen) atoms. The summed E-state index contributed by atoms with van der Waals surface area (Å²) >= 11 is 3.60. The van der Waals surface area contributed by atoms with Crippen LogP contribution in [0.1, 0.15) is 41.7 Å². The Balaban J connectivity index is 1.91. The van der Waals surface area contributed by atoms with E-state index in [2.05, 4.69) is 26.2 Å². The first-order valence-corrected chi connectivity index (χ1v) is 7.75. The van der Waals surface area contributed by atoms with Gasteiger partial charge in [-0.1, -0.05) is 28.8 Å². The van der Waals surface area contributed by atoms with Gasteiger partial charge in [-0.15, -0.1) is 0 Å². The molecule has 2 rings (SSSR count). The fraction of sp³-hybridized carbons (Fsp3) is 0.571. The molecule has 1 amide bonds. The number of nitrogens with one attached hydrogen (secondary N) is 1. The van der Waals surface area contributed by atoms with Gasteiger partial charge in [0.25, 0.3) is 5.91 Å². The van der Waals surface area contributed by atoms with E-state index in [4.69, 9.17) is 0 Å². The Hall–Kier alpha value is -1.11. The van der Waals surface area contributed by atoms with Crippen LogP contribution in [0.25, 0.3) is 0 Å². The van der Waals surface area contributed by atoms with Crippen LogP contribution in [-0.2, 0) is 6.18 Å². The highest BCUT2D eigenvalue weighted by molar-refractivity contribution is 9.09. The summed E-state index contributed by atoms with van der Waals surface area (Å²) < 4.78 is 37.2. The molecule has 1 fully saturated rings. The number of hydrogen-bond acceptors (Lipinski definition) is 2. The fourth-order valence-electron chi connectivity index (χ4n) is 2.40. The highest BCUT2D eigenvalue weighted by atomic mass is 79.9. The number of aromatic nitrogens is 1. The minimum absolute atomic E-state index is 0.00457. The van der Waals surface area contributed by atoms with Crippen LogP contribution < -0.4 is 5.32 Å². The van der Waals surface area contributed by atoms with Crippen LogP contribution in [0.3, 0.4) is 0 Å². The molecule has 3 nitrogen and oxygen atoms in total. The number of nitrogens with zero attached hydrogens (tertiary/aromatic N) is 1. The first-order valence-electron chi connectivity index (χ1n) is 6.83. The monoisotopic (exact) mass is 364 g/mol. The first kappa shape index (κ1) is 16.3. The van der Waals surface area contributed by atoms with Gasteiger partial charge in [0.1, 0.15) is 5.69 Å². The van der Waals surface area contributed by atoms with E-state index in [1.807, 2.05) is 0 Å². The van der Waals surface area contributed by atoms with Crippen molar-refractivity contribution in [3.63, 3.8) is 0 Å². The molecular formula is C14H16BrF3N2O. The lowest BCUT2D eigenvalue weighted by Gasteiger charge is -2.27. The average Bonchev–Trinajstić information content (AvgIpc) is 2.45. The largest absolute Gasteiger partial charge is 0.417 e. The van der Waals surface area contributed by atoms with Crippen LogP contribution in [0.15, 0.2) is 18.3 Å². The SMILES string of the molecule is O=C(NCC1CCCCC1Br)c1ccc(C(F)(F)F)cn1. The zero-order valence-electron chi connectivity index (χ0n) is 11.3. The predicted molar refractivity (Wildman–Crippen MR) is 76.2 cm³/mol. The van der Waals surface area contributed by atoms with E-state index in [9.17, 15) is 18.0 Å². The zero-order valence-corrected chi connectivity index (χ0v) is 12.9. The maximum Gasteiger partial charge on any atom is 0.417 e. The smallest absolute Gasteiger partial charge is 0.350 e. The standard InChI is InChI=1S/C14H16BrF3N2O/c15-11-4-2-1-3-9(11)7-20-13(21)12-6-5-10(8-19-12)14(16,17)18/h5-6,8-9,11H,1-4,7H2,(H,20,21). The van der Waals surface area contributed by atoms with Crippen molar-refractivity contribution < 1.29 is 18.0 Å². The molecule has 0 aromatic carbocycles. The number of halogens is 4. The van der Waals surface area contributed by atoms with E-state index in [0.717, 1.165) is 31.4 Å². The summed E-state index contributed by atoms with van der Waals surface area (Å²) in [5.74, 6) is -0.0776. The molecule has 0 spiro atoms. The topological polar surface area (TPSA) is 42.0 Å². The Morgan fingerprint density at radius 3 is 2.62 bits per heavy atom. The van der Waals surface area contributed by atoms with Crippen molar-refractivity contribution in [3.05, 3.63) is 29.6 Å².